The molecular weight excluding hydrogens is 328 g/mol. The van der Waals surface area contributed by atoms with E-state index < -0.39 is 0 Å². The van der Waals surface area contributed by atoms with Crippen LogP contribution in [0.3, 0.4) is 0 Å². The largest absolute Gasteiger partial charge is 0.506 e. The van der Waals surface area contributed by atoms with Gasteiger partial charge in [0.2, 0.25) is 0 Å². The predicted octanol–water partition coefficient (Wildman–Crippen LogP) is 4.16. The molecule has 1 aromatic rings. The second-order valence-corrected chi connectivity index (χ2v) is 4.83. The number of allylic oxidation sites excluding steroid dienone is 3. The predicted molar refractivity (Wildman–Crippen MR) is 114 cm³/mol. The molecule has 1 aromatic carbocycles. The molecular formula is C20H34N4O2. The Morgan fingerprint density at radius 1 is 1.27 bits per heavy atom. The lowest BCUT2D eigenvalue weighted by atomic mass is 10.2. The highest BCUT2D eigenvalue weighted by Crippen LogP contribution is 2.29. The zero-order chi connectivity index (χ0) is 20.4. The van der Waals surface area contributed by atoms with E-state index in [4.69, 9.17) is 4.79 Å². The summed E-state index contributed by atoms with van der Waals surface area (Å²) in [6.45, 7) is 7.40. The monoisotopic (exact) mass is 362 g/mol. The third-order valence-electron chi connectivity index (χ3n) is 2.86. The smallest absolute Gasteiger partial charge is 0.142 e. The lowest BCUT2D eigenvalue weighted by Crippen LogP contribution is -2.11. The van der Waals surface area contributed by atoms with Crippen molar-refractivity contribution >= 4 is 23.4 Å². The summed E-state index contributed by atoms with van der Waals surface area (Å²) < 4.78 is 0. The highest BCUT2D eigenvalue weighted by atomic mass is 16.3. The van der Waals surface area contributed by atoms with Crippen LogP contribution in [-0.2, 0) is 4.79 Å². The summed E-state index contributed by atoms with van der Waals surface area (Å²) in [7, 11) is 5.50. The average Bonchev–Trinajstić information content (AvgIpc) is 2.63. The molecule has 0 saturated carbocycles. The molecule has 26 heavy (non-hydrogen) atoms. The Labute approximate surface area is 158 Å². The Morgan fingerprint density at radius 3 is 2.38 bits per heavy atom. The summed E-state index contributed by atoms with van der Waals surface area (Å²) in [6.07, 6.45) is 9.29. The fraction of sp³-hybridized carbons (Fsp3) is 0.400. The average molecular weight is 363 g/mol. The zero-order valence-electron chi connectivity index (χ0n) is 17.1. The van der Waals surface area contributed by atoms with Crippen LogP contribution >= 0.6 is 0 Å². The first-order valence-electron chi connectivity index (χ1n) is 8.67. The molecule has 0 atom stereocenters. The number of hydrazone groups is 1. The molecule has 0 saturated heterocycles. The Bertz CT molecular complexity index is 581. The van der Waals surface area contributed by atoms with Crippen LogP contribution in [0.5, 0.6) is 5.75 Å². The lowest BCUT2D eigenvalue weighted by Gasteiger charge is -2.16. The van der Waals surface area contributed by atoms with Crippen molar-refractivity contribution < 1.29 is 9.90 Å². The number of phenolic OH excluding ortho intramolecular Hbond substituents is 1. The van der Waals surface area contributed by atoms with Gasteiger partial charge in [0.15, 0.2) is 0 Å². The van der Waals surface area contributed by atoms with Crippen molar-refractivity contribution in [3.63, 3.8) is 0 Å². The first-order valence-corrected chi connectivity index (χ1v) is 8.67. The van der Waals surface area contributed by atoms with Crippen molar-refractivity contribution in [2.75, 3.05) is 31.5 Å². The van der Waals surface area contributed by atoms with Gasteiger partial charge in [-0.3, -0.25) is 5.01 Å². The highest BCUT2D eigenvalue weighted by Gasteiger charge is 2.06. The number of aromatic hydroxyl groups is 1. The zero-order valence-corrected chi connectivity index (χ0v) is 17.1. The van der Waals surface area contributed by atoms with E-state index in [0.717, 1.165) is 24.1 Å². The Kier molecular flexibility index (Phi) is 16.7. The van der Waals surface area contributed by atoms with E-state index >= 15 is 0 Å². The standard InChI is InChI=1S/C16H24N4O.C2H4O.C2H6/c1-13(8-6-5-7-11-17-2)19-20(4)15-10-9-14(18-3)12-16(15)21;1-2-3;1-2/h5-7,9-12,17-18,21H,8H2,1-4H3;2H,1H3;1-2H3/b6-5-,11-7-,19-13+;;. The van der Waals surface area contributed by atoms with Crippen molar-refractivity contribution in [1.29, 1.82) is 0 Å². The molecule has 146 valence electrons. The minimum absolute atomic E-state index is 0.202. The maximum absolute atomic E-state index is 10.00. The van der Waals surface area contributed by atoms with Gasteiger partial charge < -0.3 is 20.5 Å². The molecule has 0 aliphatic rings. The van der Waals surface area contributed by atoms with E-state index in [2.05, 4.69) is 15.7 Å². The highest BCUT2D eigenvalue weighted by molar-refractivity contribution is 5.84. The molecule has 0 amide bonds. The van der Waals surface area contributed by atoms with Crippen molar-refractivity contribution in [3.8, 4) is 5.75 Å². The molecule has 0 spiro atoms. The number of nitrogens with zero attached hydrogens (tertiary/aromatic N) is 2. The fourth-order valence-corrected chi connectivity index (χ4v) is 1.77. The molecule has 0 unspecified atom stereocenters. The normalized spacial score (nSPS) is 10.5. The maximum Gasteiger partial charge on any atom is 0.142 e. The number of hydrogen-bond donors (Lipinski definition) is 3. The molecule has 0 aliphatic carbocycles. The lowest BCUT2D eigenvalue weighted by molar-refractivity contribution is -0.106. The first kappa shape index (κ1) is 25.5. The number of phenols is 1. The summed E-state index contributed by atoms with van der Waals surface area (Å²) in [6, 6.07) is 5.42. The fourth-order valence-electron chi connectivity index (χ4n) is 1.77. The topological polar surface area (TPSA) is 77.0 Å². The van der Waals surface area contributed by atoms with E-state index in [-0.39, 0.29) is 5.75 Å². The number of rotatable bonds is 7. The molecule has 6 heteroatoms. The van der Waals surface area contributed by atoms with E-state index in [1.54, 1.807) is 11.1 Å². The van der Waals surface area contributed by atoms with Crippen LogP contribution < -0.4 is 15.6 Å². The van der Waals surface area contributed by atoms with E-state index in [1.165, 1.54) is 6.92 Å². The molecule has 0 bridgehead atoms. The summed E-state index contributed by atoms with van der Waals surface area (Å²) in [5.41, 5.74) is 2.50. The van der Waals surface area contributed by atoms with Crippen LogP contribution in [0.25, 0.3) is 0 Å². The number of nitrogens with one attached hydrogen (secondary N) is 2. The van der Waals surface area contributed by atoms with Crippen molar-refractivity contribution in [1.82, 2.24) is 5.32 Å². The summed E-state index contributed by atoms with van der Waals surface area (Å²) in [5.74, 6) is 0.202. The van der Waals surface area contributed by atoms with E-state index in [9.17, 15) is 5.11 Å². The quantitative estimate of drug-likeness (QED) is 0.294. The van der Waals surface area contributed by atoms with Crippen LogP contribution in [0.15, 0.2) is 47.7 Å². The van der Waals surface area contributed by atoms with Gasteiger partial charge in [-0.1, -0.05) is 26.0 Å². The molecule has 0 aromatic heterocycles. The Hall–Kier alpha value is -2.76. The van der Waals surface area contributed by atoms with Gasteiger partial charge in [-0.15, -0.1) is 0 Å². The maximum atomic E-state index is 10.00. The van der Waals surface area contributed by atoms with Crippen LogP contribution in [0, 0.1) is 0 Å². The minimum atomic E-state index is 0.202. The SMILES string of the molecule is CC.CC=O.CN/C=C\C=C/C/C(C)=N/N(C)c1ccc(NC)cc1O. The van der Waals surface area contributed by atoms with E-state index in [0.29, 0.717) is 5.69 Å². The Morgan fingerprint density at radius 2 is 1.88 bits per heavy atom. The number of carbonyl (C=O) groups is 1. The molecule has 0 heterocycles. The molecule has 3 N–H and O–H groups in total. The Balaban J connectivity index is 0. The van der Waals surface area contributed by atoms with Gasteiger partial charge in [0.25, 0.3) is 0 Å². The van der Waals surface area contributed by atoms with Crippen LogP contribution in [0.4, 0.5) is 11.4 Å². The number of benzene rings is 1. The van der Waals surface area contributed by atoms with Gasteiger partial charge in [-0.25, -0.2) is 0 Å². The number of carbonyl (C=O) groups excluding carboxylic acids is 1. The number of aldehydes is 1. The molecule has 1 rings (SSSR count). The molecule has 0 fully saturated rings. The number of anilines is 2. The molecule has 0 radical (unpaired) electrons. The van der Waals surface area contributed by atoms with Gasteiger partial charge in [0.05, 0.1) is 0 Å². The third-order valence-corrected chi connectivity index (χ3v) is 2.86. The van der Waals surface area contributed by atoms with Gasteiger partial charge in [0.1, 0.15) is 17.7 Å². The van der Waals surface area contributed by atoms with Crippen molar-refractivity contribution in [2.45, 2.75) is 34.1 Å². The molecule has 0 aliphatic heterocycles. The minimum Gasteiger partial charge on any atom is -0.506 e. The van der Waals surface area contributed by atoms with Crippen molar-refractivity contribution in [3.05, 3.63) is 42.6 Å². The van der Waals surface area contributed by atoms with Crippen LogP contribution in [0.2, 0.25) is 0 Å². The van der Waals surface area contributed by atoms with Gasteiger partial charge in [-0.05, 0) is 38.3 Å². The molecule has 6 nitrogen and oxygen atoms in total. The van der Waals surface area contributed by atoms with E-state index in [1.807, 2.05) is 78.5 Å². The van der Waals surface area contributed by atoms with Gasteiger partial charge in [0, 0.05) is 45.0 Å². The first-order chi connectivity index (χ1) is 12.5. The van der Waals surface area contributed by atoms with Gasteiger partial charge in [-0.2, -0.15) is 5.10 Å². The van der Waals surface area contributed by atoms with Crippen LogP contribution in [0.1, 0.15) is 34.1 Å². The third kappa shape index (κ3) is 11.7. The summed E-state index contributed by atoms with van der Waals surface area (Å²) in [4.78, 5) is 8.81. The second kappa shape index (κ2) is 17.1. The van der Waals surface area contributed by atoms with Crippen molar-refractivity contribution in [2.24, 2.45) is 5.10 Å². The number of hydrogen-bond acceptors (Lipinski definition) is 6. The summed E-state index contributed by atoms with van der Waals surface area (Å²) in [5, 5.41) is 22.0. The van der Waals surface area contributed by atoms with Gasteiger partial charge >= 0.3 is 0 Å². The van der Waals surface area contributed by atoms with Crippen LogP contribution in [-0.4, -0.2) is 38.2 Å². The second-order valence-electron chi connectivity index (χ2n) is 4.83. The summed E-state index contributed by atoms with van der Waals surface area (Å²) >= 11 is 0.